The fraction of sp³-hybridized carbons (Fsp3) is 0.346. The molecule has 0 saturated carbocycles. The highest BCUT2D eigenvalue weighted by atomic mass is 32.1. The molecule has 0 unspecified atom stereocenters. The second-order valence-corrected chi connectivity index (χ2v) is 9.15. The van der Waals surface area contributed by atoms with Crippen molar-refractivity contribution in [1.29, 1.82) is 0 Å². The Balaban J connectivity index is 0.00000103. The average Bonchev–Trinajstić information content (AvgIpc) is 3.39. The first-order valence-electron chi connectivity index (χ1n) is 11.5. The van der Waals surface area contributed by atoms with E-state index in [0.29, 0.717) is 0 Å². The summed E-state index contributed by atoms with van der Waals surface area (Å²) in [5, 5.41) is 6.89. The van der Waals surface area contributed by atoms with Gasteiger partial charge in [-0.2, -0.15) is 0 Å². The number of carbonyl (C=O) groups excluding carboxylic acids is 1. The Morgan fingerprint density at radius 3 is 2.56 bits per heavy atom. The highest BCUT2D eigenvalue weighted by Crippen LogP contribution is 2.30. The predicted molar refractivity (Wildman–Crippen MR) is 139 cm³/mol. The molecule has 0 saturated heterocycles. The third kappa shape index (κ3) is 5.81. The molecule has 8 heteroatoms. The number of nitrogens with zero attached hydrogens (tertiary/aromatic N) is 4. The summed E-state index contributed by atoms with van der Waals surface area (Å²) in [4.78, 5) is 31.3. The van der Waals surface area contributed by atoms with Gasteiger partial charge in [0.05, 0.1) is 15.9 Å². The van der Waals surface area contributed by atoms with Gasteiger partial charge in [0, 0.05) is 30.9 Å². The molecule has 180 valence electrons. The largest absolute Gasteiger partial charge is 0.483 e. The summed E-state index contributed by atoms with van der Waals surface area (Å²) in [6.45, 7) is 10.1. The molecule has 1 N–H and O–H groups in total. The molecule has 0 aliphatic heterocycles. The maximum atomic E-state index is 12.9. The van der Waals surface area contributed by atoms with Crippen LogP contribution in [0.2, 0.25) is 0 Å². The summed E-state index contributed by atoms with van der Waals surface area (Å²) < 4.78 is 3.21. The lowest BCUT2D eigenvalue weighted by Crippen LogP contribution is -2.31. The van der Waals surface area contributed by atoms with Crippen molar-refractivity contribution in [3.8, 4) is 11.3 Å². The van der Waals surface area contributed by atoms with Crippen LogP contribution >= 0.6 is 11.3 Å². The number of benzene rings is 2. The fourth-order valence-corrected chi connectivity index (χ4v) is 5.02. The first-order chi connectivity index (χ1) is 16.4. The molecule has 4 aromatic rings. The summed E-state index contributed by atoms with van der Waals surface area (Å²) in [6, 6.07) is 14.4. The fourth-order valence-electron chi connectivity index (χ4n) is 3.97. The minimum atomic E-state index is -0.250. The van der Waals surface area contributed by atoms with Gasteiger partial charge < -0.3 is 14.9 Å². The number of hydrogen-bond acceptors (Lipinski definition) is 5. The third-order valence-electron chi connectivity index (χ3n) is 5.86. The van der Waals surface area contributed by atoms with Crippen molar-refractivity contribution in [2.24, 2.45) is 0 Å². The van der Waals surface area contributed by atoms with Gasteiger partial charge in [-0.3, -0.25) is 14.0 Å². The number of imidazole rings is 1. The van der Waals surface area contributed by atoms with Gasteiger partial charge in [-0.15, -0.1) is 0 Å². The lowest BCUT2D eigenvalue weighted by molar-refractivity contribution is -0.122. The highest BCUT2D eigenvalue weighted by molar-refractivity contribution is 7.23. The van der Waals surface area contributed by atoms with E-state index in [1.807, 2.05) is 30.1 Å². The van der Waals surface area contributed by atoms with Crippen LogP contribution in [0.5, 0.6) is 0 Å². The van der Waals surface area contributed by atoms with E-state index in [9.17, 15) is 4.79 Å². The van der Waals surface area contributed by atoms with Crippen LogP contribution in [-0.4, -0.2) is 69.9 Å². The normalized spacial score (nSPS) is 11.0. The first kappa shape index (κ1) is 25.4. The van der Waals surface area contributed by atoms with Crippen LogP contribution in [0.15, 0.2) is 48.7 Å². The summed E-state index contributed by atoms with van der Waals surface area (Å²) in [5.74, 6) is 0.0768. The van der Waals surface area contributed by atoms with E-state index in [2.05, 4.69) is 60.5 Å². The van der Waals surface area contributed by atoms with Crippen LogP contribution in [0, 0.1) is 6.92 Å². The van der Waals surface area contributed by atoms with Crippen LogP contribution in [-0.2, 0) is 4.79 Å². The number of carbonyl (C=O) groups is 2. The number of hydrogen-bond donors (Lipinski definition) is 1. The highest BCUT2D eigenvalue weighted by Gasteiger charge is 2.15. The molecular formula is C26H32N4O3S. The standard InChI is InChI=1S/C25H30N4OS.CH2O2/c1-5-28(6-2)14-8-13-27(4)24(30)20-11-12-22-23(16-20)31-25-26-21(17-29(22)25)19-10-7-9-18(3)15-19;2-1-3/h7,9-12,15-17H,5-6,8,13-14H2,1-4H3;1H,(H,2,3). The molecule has 4 rings (SSSR count). The van der Waals surface area contributed by atoms with Crippen molar-refractivity contribution in [3.63, 3.8) is 0 Å². The lowest BCUT2D eigenvalue weighted by Gasteiger charge is -2.21. The van der Waals surface area contributed by atoms with Crippen molar-refractivity contribution in [3.05, 3.63) is 59.8 Å². The molecule has 1 amide bonds. The van der Waals surface area contributed by atoms with Crippen molar-refractivity contribution >= 4 is 38.9 Å². The van der Waals surface area contributed by atoms with Gasteiger partial charge in [-0.1, -0.05) is 48.9 Å². The summed E-state index contributed by atoms with van der Waals surface area (Å²) in [5.41, 5.74) is 5.16. The summed E-state index contributed by atoms with van der Waals surface area (Å²) >= 11 is 1.63. The van der Waals surface area contributed by atoms with Crippen molar-refractivity contribution in [2.45, 2.75) is 27.2 Å². The zero-order valence-corrected chi connectivity index (χ0v) is 21.0. The Morgan fingerprint density at radius 2 is 1.88 bits per heavy atom. The van der Waals surface area contributed by atoms with E-state index in [4.69, 9.17) is 14.9 Å². The van der Waals surface area contributed by atoms with Gasteiger partial charge in [-0.05, 0) is 57.2 Å². The topological polar surface area (TPSA) is 78.1 Å². The van der Waals surface area contributed by atoms with E-state index in [1.165, 1.54) is 5.56 Å². The third-order valence-corrected chi connectivity index (χ3v) is 6.88. The maximum Gasteiger partial charge on any atom is 0.290 e. The van der Waals surface area contributed by atoms with Gasteiger partial charge >= 0.3 is 0 Å². The molecule has 2 aromatic carbocycles. The van der Waals surface area contributed by atoms with Gasteiger partial charge in [0.1, 0.15) is 0 Å². The number of amides is 1. The van der Waals surface area contributed by atoms with Crippen LogP contribution in [0.4, 0.5) is 0 Å². The Bertz CT molecular complexity index is 1260. The number of thiazole rings is 1. The molecule has 34 heavy (non-hydrogen) atoms. The Morgan fingerprint density at radius 1 is 1.15 bits per heavy atom. The van der Waals surface area contributed by atoms with Crippen molar-refractivity contribution < 1.29 is 14.7 Å². The molecule has 0 radical (unpaired) electrons. The smallest absolute Gasteiger partial charge is 0.290 e. The lowest BCUT2D eigenvalue weighted by atomic mass is 10.1. The monoisotopic (exact) mass is 480 g/mol. The molecule has 0 bridgehead atoms. The SMILES string of the molecule is CCN(CC)CCCN(C)C(=O)c1ccc2c(c1)sc1nc(-c3cccc(C)c3)cn12.O=CO. The average molecular weight is 481 g/mol. The quantitative estimate of drug-likeness (QED) is 0.358. The number of aromatic nitrogens is 2. The van der Waals surface area contributed by atoms with E-state index >= 15 is 0 Å². The second-order valence-electron chi connectivity index (χ2n) is 8.15. The van der Waals surface area contributed by atoms with Crippen LogP contribution in [0.3, 0.4) is 0 Å². The summed E-state index contributed by atoms with van der Waals surface area (Å²) in [7, 11) is 1.89. The van der Waals surface area contributed by atoms with Gasteiger partial charge in [0.25, 0.3) is 12.4 Å². The first-order valence-corrected chi connectivity index (χ1v) is 12.3. The maximum absolute atomic E-state index is 12.9. The van der Waals surface area contributed by atoms with E-state index in [0.717, 1.165) is 64.6 Å². The molecule has 0 spiro atoms. The Kier molecular flexibility index (Phi) is 8.79. The van der Waals surface area contributed by atoms with Crippen molar-refractivity contribution in [2.75, 3.05) is 33.2 Å². The molecule has 0 aliphatic rings. The zero-order valence-electron chi connectivity index (χ0n) is 20.2. The molecule has 2 aromatic heterocycles. The minimum absolute atomic E-state index is 0.0768. The molecule has 2 heterocycles. The number of rotatable bonds is 8. The Hall–Kier alpha value is -3.23. The van der Waals surface area contributed by atoms with Crippen LogP contribution in [0.25, 0.3) is 26.4 Å². The molecular weight excluding hydrogens is 448 g/mol. The number of aryl methyl sites for hydroxylation is 1. The predicted octanol–water partition coefficient (Wildman–Crippen LogP) is 5.03. The summed E-state index contributed by atoms with van der Waals surface area (Å²) in [6.07, 6.45) is 3.07. The van der Waals surface area contributed by atoms with Crippen LogP contribution in [0.1, 0.15) is 36.2 Å². The van der Waals surface area contributed by atoms with E-state index in [1.54, 1.807) is 11.3 Å². The molecule has 7 nitrogen and oxygen atoms in total. The van der Waals surface area contributed by atoms with Gasteiger partial charge in [0.15, 0.2) is 4.96 Å². The van der Waals surface area contributed by atoms with Crippen LogP contribution < -0.4 is 0 Å². The Labute approximate surface area is 204 Å². The van der Waals surface area contributed by atoms with Crippen molar-refractivity contribution in [1.82, 2.24) is 19.2 Å². The second kappa shape index (κ2) is 11.8. The molecule has 0 fully saturated rings. The van der Waals surface area contributed by atoms with E-state index in [-0.39, 0.29) is 12.4 Å². The van der Waals surface area contributed by atoms with Gasteiger partial charge in [0.2, 0.25) is 0 Å². The number of fused-ring (bicyclic) bond motifs is 3. The minimum Gasteiger partial charge on any atom is -0.483 e. The zero-order chi connectivity index (χ0) is 24.7. The number of carboxylic acid groups (broad SMARTS) is 1. The molecule has 0 atom stereocenters. The van der Waals surface area contributed by atoms with Gasteiger partial charge in [-0.25, -0.2) is 4.98 Å². The van der Waals surface area contributed by atoms with E-state index < -0.39 is 0 Å². The molecule has 0 aliphatic carbocycles.